The Labute approximate surface area is 91.9 Å². The molecule has 0 aromatic carbocycles. The lowest BCUT2D eigenvalue weighted by Crippen LogP contribution is -2.15. The summed E-state index contributed by atoms with van der Waals surface area (Å²) in [6, 6.07) is 5.13. The van der Waals surface area contributed by atoms with Crippen LogP contribution >= 0.6 is 0 Å². The van der Waals surface area contributed by atoms with Crippen molar-refractivity contribution in [2.75, 3.05) is 5.32 Å². The summed E-state index contributed by atoms with van der Waals surface area (Å²) in [5, 5.41) is 9.63. The van der Waals surface area contributed by atoms with E-state index in [0.29, 0.717) is 17.9 Å². The van der Waals surface area contributed by atoms with Crippen LogP contribution in [0.25, 0.3) is 0 Å². The van der Waals surface area contributed by atoms with Crippen LogP contribution in [-0.2, 0) is 6.54 Å². The van der Waals surface area contributed by atoms with E-state index < -0.39 is 5.91 Å². The number of H-pyrrole nitrogens is 1. The summed E-state index contributed by atoms with van der Waals surface area (Å²) in [6.07, 6.45) is 3.26. The van der Waals surface area contributed by atoms with Crippen LogP contribution in [0.3, 0.4) is 0 Å². The zero-order valence-electron chi connectivity index (χ0n) is 8.47. The molecule has 4 N–H and O–H groups in total. The Bertz CT molecular complexity index is 480. The van der Waals surface area contributed by atoms with Gasteiger partial charge in [0.15, 0.2) is 0 Å². The van der Waals surface area contributed by atoms with Gasteiger partial charge in [0.05, 0.1) is 17.8 Å². The predicted molar refractivity (Wildman–Crippen MR) is 58.7 cm³/mol. The molecule has 0 bridgehead atoms. The maximum atomic E-state index is 11.1. The smallest absolute Gasteiger partial charge is 0.252 e. The highest BCUT2D eigenvalue weighted by molar-refractivity contribution is 5.97. The maximum absolute atomic E-state index is 11.1. The van der Waals surface area contributed by atoms with Crippen molar-refractivity contribution in [1.29, 1.82) is 0 Å². The number of aromatic nitrogens is 3. The highest BCUT2D eigenvalue weighted by Gasteiger charge is 2.07. The van der Waals surface area contributed by atoms with Gasteiger partial charge in [0.1, 0.15) is 5.82 Å². The Hall–Kier alpha value is -2.37. The van der Waals surface area contributed by atoms with Crippen molar-refractivity contribution in [3.05, 3.63) is 41.9 Å². The van der Waals surface area contributed by atoms with E-state index in [9.17, 15) is 4.79 Å². The molecule has 0 saturated carbocycles. The van der Waals surface area contributed by atoms with E-state index in [4.69, 9.17) is 5.73 Å². The molecule has 0 aliphatic heterocycles. The third kappa shape index (κ3) is 2.17. The molecule has 2 heterocycles. The number of amides is 1. The minimum absolute atomic E-state index is 0.377. The first-order chi connectivity index (χ1) is 7.77. The molecule has 82 valence electrons. The van der Waals surface area contributed by atoms with E-state index in [1.54, 1.807) is 24.5 Å². The van der Waals surface area contributed by atoms with Crippen molar-refractivity contribution in [2.45, 2.75) is 6.54 Å². The third-order valence-corrected chi connectivity index (χ3v) is 2.08. The van der Waals surface area contributed by atoms with Crippen LogP contribution in [0.4, 0.5) is 5.82 Å². The van der Waals surface area contributed by atoms with Gasteiger partial charge >= 0.3 is 0 Å². The lowest BCUT2D eigenvalue weighted by molar-refractivity contribution is 0.100. The molecule has 0 spiro atoms. The van der Waals surface area contributed by atoms with Crippen molar-refractivity contribution < 1.29 is 4.79 Å². The largest absolute Gasteiger partial charge is 0.365 e. The zero-order valence-corrected chi connectivity index (χ0v) is 8.47. The lowest BCUT2D eigenvalue weighted by atomic mass is 10.2. The normalized spacial score (nSPS) is 10.0. The first-order valence-corrected chi connectivity index (χ1v) is 4.74. The van der Waals surface area contributed by atoms with Gasteiger partial charge in [0.25, 0.3) is 5.91 Å². The number of anilines is 1. The summed E-state index contributed by atoms with van der Waals surface area (Å²) in [6.45, 7) is 0.511. The number of hydrogen-bond acceptors (Lipinski definition) is 4. The van der Waals surface area contributed by atoms with Crippen molar-refractivity contribution in [3.8, 4) is 0 Å². The number of nitrogens with one attached hydrogen (secondary N) is 2. The molecule has 6 nitrogen and oxygen atoms in total. The second-order valence-electron chi connectivity index (χ2n) is 3.20. The number of hydrogen-bond donors (Lipinski definition) is 3. The standard InChI is InChI=1S/C10H11N5O/c11-9(16)8-2-1-4-12-10(8)13-6-7-3-5-14-15-7/h1-5H,6H2,(H2,11,16)(H,12,13)(H,14,15). The molecule has 16 heavy (non-hydrogen) atoms. The molecule has 2 rings (SSSR count). The van der Waals surface area contributed by atoms with Gasteiger partial charge in [-0.3, -0.25) is 9.89 Å². The maximum Gasteiger partial charge on any atom is 0.252 e. The molecule has 0 aliphatic rings. The molecule has 0 fully saturated rings. The monoisotopic (exact) mass is 217 g/mol. The number of pyridine rings is 1. The van der Waals surface area contributed by atoms with Crippen molar-refractivity contribution in [2.24, 2.45) is 5.73 Å². The first-order valence-electron chi connectivity index (χ1n) is 4.74. The highest BCUT2D eigenvalue weighted by atomic mass is 16.1. The number of rotatable bonds is 4. The molecular formula is C10H11N5O. The number of carbonyl (C=O) groups excluding carboxylic acids is 1. The average Bonchev–Trinajstić information content (AvgIpc) is 2.79. The van der Waals surface area contributed by atoms with Gasteiger partial charge < -0.3 is 11.1 Å². The Balaban J connectivity index is 2.12. The number of nitrogens with zero attached hydrogens (tertiary/aromatic N) is 2. The summed E-state index contributed by atoms with van der Waals surface area (Å²) >= 11 is 0. The number of carbonyl (C=O) groups is 1. The lowest BCUT2D eigenvalue weighted by Gasteiger charge is -2.06. The van der Waals surface area contributed by atoms with Crippen molar-refractivity contribution >= 4 is 11.7 Å². The summed E-state index contributed by atoms with van der Waals surface area (Å²) in [4.78, 5) is 15.2. The number of aromatic amines is 1. The molecule has 2 aromatic rings. The second-order valence-corrected chi connectivity index (χ2v) is 3.20. The fourth-order valence-corrected chi connectivity index (χ4v) is 1.31. The first kappa shape index (κ1) is 10.2. The summed E-state index contributed by atoms with van der Waals surface area (Å²) in [7, 11) is 0. The second kappa shape index (κ2) is 4.43. The number of primary amides is 1. The van der Waals surface area contributed by atoms with Gasteiger partial charge in [0, 0.05) is 12.4 Å². The van der Waals surface area contributed by atoms with E-state index in [1.807, 2.05) is 6.07 Å². The fraction of sp³-hybridized carbons (Fsp3) is 0.100. The van der Waals surface area contributed by atoms with Crippen LogP contribution in [-0.4, -0.2) is 21.1 Å². The van der Waals surface area contributed by atoms with Gasteiger partial charge in [0.2, 0.25) is 0 Å². The van der Waals surface area contributed by atoms with Gasteiger partial charge in [-0.2, -0.15) is 5.10 Å². The van der Waals surface area contributed by atoms with Gasteiger partial charge in [-0.05, 0) is 18.2 Å². The molecule has 1 amide bonds. The highest BCUT2D eigenvalue weighted by Crippen LogP contribution is 2.11. The van der Waals surface area contributed by atoms with Crippen molar-refractivity contribution in [3.63, 3.8) is 0 Å². The molecule has 0 unspecified atom stereocenters. The Morgan fingerprint density at radius 1 is 1.44 bits per heavy atom. The quantitative estimate of drug-likeness (QED) is 0.695. The van der Waals surface area contributed by atoms with E-state index >= 15 is 0 Å². The average molecular weight is 217 g/mol. The molecular weight excluding hydrogens is 206 g/mol. The van der Waals surface area contributed by atoms with Gasteiger partial charge in [-0.1, -0.05) is 0 Å². The molecule has 0 saturated heterocycles. The third-order valence-electron chi connectivity index (χ3n) is 2.08. The number of nitrogens with two attached hydrogens (primary N) is 1. The molecule has 2 aromatic heterocycles. The fourth-order valence-electron chi connectivity index (χ4n) is 1.31. The van der Waals surface area contributed by atoms with Crippen LogP contribution < -0.4 is 11.1 Å². The molecule has 0 radical (unpaired) electrons. The summed E-state index contributed by atoms with van der Waals surface area (Å²) < 4.78 is 0. The van der Waals surface area contributed by atoms with Crippen LogP contribution in [0.15, 0.2) is 30.6 Å². The predicted octanol–water partition coefficient (Wildman–Crippen LogP) is 0.516. The SMILES string of the molecule is NC(=O)c1cccnc1NCc1ccn[nH]1. The van der Waals surface area contributed by atoms with Crippen LogP contribution in [0.1, 0.15) is 16.1 Å². The Kier molecular flexibility index (Phi) is 2.81. The van der Waals surface area contributed by atoms with E-state index in [-0.39, 0.29) is 0 Å². The van der Waals surface area contributed by atoms with Crippen molar-refractivity contribution in [1.82, 2.24) is 15.2 Å². The molecule has 0 atom stereocenters. The minimum Gasteiger partial charge on any atom is -0.365 e. The van der Waals surface area contributed by atoms with Crippen LogP contribution in [0.5, 0.6) is 0 Å². The molecule has 0 aliphatic carbocycles. The van der Waals surface area contributed by atoms with Crippen LogP contribution in [0, 0.1) is 0 Å². The summed E-state index contributed by atoms with van der Waals surface area (Å²) in [5.41, 5.74) is 6.51. The van der Waals surface area contributed by atoms with Crippen LogP contribution in [0.2, 0.25) is 0 Å². The van der Waals surface area contributed by atoms with E-state index in [2.05, 4.69) is 20.5 Å². The topological polar surface area (TPSA) is 96.7 Å². The molecule has 6 heteroatoms. The Morgan fingerprint density at radius 3 is 3.00 bits per heavy atom. The minimum atomic E-state index is -0.500. The summed E-state index contributed by atoms with van der Waals surface area (Å²) in [5.74, 6) is -0.0233. The Morgan fingerprint density at radius 2 is 2.31 bits per heavy atom. The van der Waals surface area contributed by atoms with E-state index in [0.717, 1.165) is 5.69 Å². The van der Waals surface area contributed by atoms with Gasteiger partial charge in [-0.15, -0.1) is 0 Å². The zero-order chi connectivity index (χ0) is 11.4. The van der Waals surface area contributed by atoms with E-state index in [1.165, 1.54) is 0 Å². The van der Waals surface area contributed by atoms with Gasteiger partial charge in [-0.25, -0.2) is 4.98 Å².